The molecule has 0 radical (unpaired) electrons. The van der Waals surface area contributed by atoms with Crippen LogP contribution in [-0.4, -0.2) is 81.0 Å². The van der Waals surface area contributed by atoms with Crippen LogP contribution in [0.5, 0.6) is 17.2 Å². The number of methoxy groups -OCH3 is 2. The summed E-state index contributed by atoms with van der Waals surface area (Å²) in [6.07, 6.45) is -0.297. The zero-order chi connectivity index (χ0) is 21.4. The normalized spacial score (nSPS) is 15.1. The predicted octanol–water partition coefficient (Wildman–Crippen LogP) is 1.95. The topological polar surface area (TPSA) is 98.8 Å². The van der Waals surface area contributed by atoms with Crippen LogP contribution in [0.2, 0.25) is 0 Å². The zero-order valence-electron chi connectivity index (χ0n) is 17.9. The molecule has 2 N–H and O–H groups in total. The molecule has 0 bridgehead atoms. The van der Waals surface area contributed by atoms with Crippen LogP contribution in [0.4, 0.5) is 4.79 Å². The first-order valence-electron chi connectivity index (χ1n) is 9.60. The molecule has 1 aliphatic rings. The number of hydrogen-bond donors (Lipinski definition) is 1. The summed E-state index contributed by atoms with van der Waals surface area (Å²) < 4.78 is 21.6. The van der Waals surface area contributed by atoms with Crippen LogP contribution in [-0.2, 0) is 4.74 Å². The van der Waals surface area contributed by atoms with E-state index in [0.29, 0.717) is 62.5 Å². The fourth-order valence-electron chi connectivity index (χ4n) is 2.73. The SMILES string of the molecule is COc1cc(OC)cc(OCCN=C(N)N2CCN(C(=O)OC(C)(C)C)CC2)c1. The number of ether oxygens (including phenoxy) is 4. The Bertz CT molecular complexity index is 687. The van der Waals surface area contributed by atoms with Gasteiger partial charge in [-0.3, -0.25) is 0 Å². The van der Waals surface area contributed by atoms with Gasteiger partial charge in [-0.2, -0.15) is 0 Å². The Kier molecular flexibility index (Phi) is 7.81. The second kappa shape index (κ2) is 10.1. The van der Waals surface area contributed by atoms with Crippen LogP contribution in [0.1, 0.15) is 20.8 Å². The summed E-state index contributed by atoms with van der Waals surface area (Å²) in [6.45, 7) is 8.68. The van der Waals surface area contributed by atoms with E-state index in [2.05, 4.69) is 4.99 Å². The van der Waals surface area contributed by atoms with Crippen molar-refractivity contribution >= 4 is 12.1 Å². The number of benzene rings is 1. The number of carbonyl (C=O) groups excluding carboxylic acids is 1. The van der Waals surface area contributed by atoms with E-state index in [9.17, 15) is 4.79 Å². The molecule has 0 aromatic heterocycles. The zero-order valence-corrected chi connectivity index (χ0v) is 17.9. The monoisotopic (exact) mass is 408 g/mol. The summed E-state index contributed by atoms with van der Waals surface area (Å²) in [5.74, 6) is 2.40. The van der Waals surface area contributed by atoms with Crippen LogP contribution in [0.3, 0.4) is 0 Å². The number of nitrogens with two attached hydrogens (primary N) is 1. The first kappa shape index (κ1) is 22.4. The fraction of sp³-hybridized carbons (Fsp3) is 0.600. The molecule has 9 heteroatoms. The number of carbonyl (C=O) groups is 1. The van der Waals surface area contributed by atoms with Gasteiger partial charge in [0.25, 0.3) is 0 Å². The molecule has 1 heterocycles. The Labute approximate surface area is 172 Å². The predicted molar refractivity (Wildman–Crippen MR) is 111 cm³/mol. The van der Waals surface area contributed by atoms with E-state index in [4.69, 9.17) is 24.7 Å². The third-order valence-electron chi connectivity index (χ3n) is 4.21. The van der Waals surface area contributed by atoms with Gasteiger partial charge >= 0.3 is 6.09 Å². The second-order valence-electron chi connectivity index (χ2n) is 7.59. The van der Waals surface area contributed by atoms with E-state index in [-0.39, 0.29) is 6.09 Å². The average Bonchev–Trinajstić information content (AvgIpc) is 2.69. The Morgan fingerprint density at radius 2 is 1.52 bits per heavy atom. The molecule has 0 spiro atoms. The minimum absolute atomic E-state index is 0.297. The summed E-state index contributed by atoms with van der Waals surface area (Å²) in [4.78, 5) is 20.1. The lowest BCUT2D eigenvalue weighted by molar-refractivity contribution is 0.0186. The summed E-state index contributed by atoms with van der Waals surface area (Å²) in [7, 11) is 3.18. The highest BCUT2D eigenvalue weighted by Crippen LogP contribution is 2.27. The molecule has 162 valence electrons. The quantitative estimate of drug-likeness (QED) is 0.436. The Hall–Kier alpha value is -2.84. The molecule has 0 saturated carbocycles. The fourth-order valence-corrected chi connectivity index (χ4v) is 2.73. The number of rotatable bonds is 6. The molecule has 1 amide bonds. The van der Waals surface area contributed by atoms with Gasteiger partial charge in [0.05, 0.1) is 20.8 Å². The molecule has 29 heavy (non-hydrogen) atoms. The van der Waals surface area contributed by atoms with Gasteiger partial charge in [0.2, 0.25) is 0 Å². The smallest absolute Gasteiger partial charge is 0.410 e. The molecule has 9 nitrogen and oxygen atoms in total. The van der Waals surface area contributed by atoms with Gasteiger partial charge in [-0.15, -0.1) is 0 Å². The standard InChI is InChI=1S/C20H32N4O5/c1-20(2,3)29-19(25)24-9-7-23(8-10-24)18(21)22-6-11-28-17-13-15(26-4)12-16(14-17)27-5/h12-14H,6-11H2,1-5H3,(H2,21,22). The van der Waals surface area contributed by atoms with E-state index in [1.54, 1.807) is 37.3 Å². The van der Waals surface area contributed by atoms with Crippen molar-refractivity contribution in [1.29, 1.82) is 0 Å². The van der Waals surface area contributed by atoms with Gasteiger partial charge in [0.15, 0.2) is 5.96 Å². The van der Waals surface area contributed by atoms with Gasteiger partial charge in [-0.1, -0.05) is 0 Å². The molecular weight excluding hydrogens is 376 g/mol. The molecule has 1 aromatic rings. The molecule has 1 fully saturated rings. The Morgan fingerprint density at radius 1 is 1.00 bits per heavy atom. The summed E-state index contributed by atoms with van der Waals surface area (Å²) >= 11 is 0. The van der Waals surface area contributed by atoms with Crippen molar-refractivity contribution in [3.63, 3.8) is 0 Å². The number of hydrogen-bond acceptors (Lipinski definition) is 6. The van der Waals surface area contributed by atoms with Crippen molar-refractivity contribution in [3.05, 3.63) is 18.2 Å². The molecule has 0 atom stereocenters. The highest BCUT2D eigenvalue weighted by Gasteiger charge is 2.26. The van der Waals surface area contributed by atoms with E-state index in [1.165, 1.54) is 0 Å². The maximum Gasteiger partial charge on any atom is 0.410 e. The number of guanidine groups is 1. The first-order chi connectivity index (χ1) is 13.7. The highest BCUT2D eigenvalue weighted by molar-refractivity contribution is 5.78. The van der Waals surface area contributed by atoms with Gasteiger partial charge in [0, 0.05) is 44.4 Å². The van der Waals surface area contributed by atoms with Crippen molar-refractivity contribution < 1.29 is 23.7 Å². The number of amides is 1. The largest absolute Gasteiger partial charge is 0.496 e. The first-order valence-corrected chi connectivity index (χ1v) is 9.60. The minimum Gasteiger partial charge on any atom is -0.496 e. The Morgan fingerprint density at radius 3 is 2.03 bits per heavy atom. The van der Waals surface area contributed by atoms with Crippen LogP contribution < -0.4 is 19.9 Å². The lowest BCUT2D eigenvalue weighted by atomic mass is 10.2. The lowest BCUT2D eigenvalue weighted by Crippen LogP contribution is -2.53. The third-order valence-corrected chi connectivity index (χ3v) is 4.21. The van der Waals surface area contributed by atoms with Crippen LogP contribution >= 0.6 is 0 Å². The van der Waals surface area contributed by atoms with Crippen molar-refractivity contribution in [3.8, 4) is 17.2 Å². The van der Waals surface area contributed by atoms with Gasteiger partial charge < -0.3 is 34.5 Å². The van der Waals surface area contributed by atoms with Crippen molar-refractivity contribution in [2.24, 2.45) is 10.7 Å². The number of piperazine rings is 1. The van der Waals surface area contributed by atoms with Gasteiger partial charge in [-0.05, 0) is 20.8 Å². The van der Waals surface area contributed by atoms with Crippen LogP contribution in [0.25, 0.3) is 0 Å². The van der Waals surface area contributed by atoms with E-state index >= 15 is 0 Å². The van der Waals surface area contributed by atoms with Crippen LogP contribution in [0, 0.1) is 0 Å². The van der Waals surface area contributed by atoms with E-state index < -0.39 is 5.60 Å². The number of aliphatic imine (C=N–C) groups is 1. The molecule has 0 unspecified atom stereocenters. The lowest BCUT2D eigenvalue weighted by Gasteiger charge is -2.36. The number of nitrogens with zero attached hydrogens (tertiary/aromatic N) is 3. The maximum absolute atomic E-state index is 12.1. The third kappa shape index (κ3) is 7.24. The van der Waals surface area contributed by atoms with Crippen molar-refractivity contribution in [2.45, 2.75) is 26.4 Å². The highest BCUT2D eigenvalue weighted by atomic mass is 16.6. The van der Waals surface area contributed by atoms with E-state index in [1.807, 2.05) is 25.7 Å². The van der Waals surface area contributed by atoms with Gasteiger partial charge in [-0.25, -0.2) is 9.79 Å². The van der Waals surface area contributed by atoms with Gasteiger partial charge in [0.1, 0.15) is 29.5 Å². The average molecular weight is 408 g/mol. The van der Waals surface area contributed by atoms with Crippen LogP contribution in [0.15, 0.2) is 23.2 Å². The molecule has 2 rings (SSSR count). The van der Waals surface area contributed by atoms with E-state index in [0.717, 1.165) is 0 Å². The Balaban J connectivity index is 1.78. The second-order valence-corrected chi connectivity index (χ2v) is 7.59. The molecule has 0 aliphatic carbocycles. The summed E-state index contributed by atoms with van der Waals surface area (Å²) in [6, 6.07) is 5.34. The molecule has 1 saturated heterocycles. The maximum atomic E-state index is 12.1. The molecule has 1 aliphatic heterocycles. The minimum atomic E-state index is -0.499. The summed E-state index contributed by atoms with van der Waals surface area (Å²) in [5.41, 5.74) is 5.59. The van der Waals surface area contributed by atoms with Crippen molar-refractivity contribution in [1.82, 2.24) is 9.80 Å². The summed E-state index contributed by atoms with van der Waals surface area (Å²) in [5, 5.41) is 0. The molecule has 1 aromatic carbocycles. The molecular formula is C20H32N4O5. The van der Waals surface area contributed by atoms with Crippen molar-refractivity contribution in [2.75, 3.05) is 53.6 Å².